The summed E-state index contributed by atoms with van der Waals surface area (Å²) in [5, 5.41) is 16.6. The lowest BCUT2D eigenvalue weighted by atomic mass is 10.00. The number of H-pyrrole nitrogens is 1. The summed E-state index contributed by atoms with van der Waals surface area (Å²) in [6, 6.07) is 5.28. The van der Waals surface area contributed by atoms with Crippen molar-refractivity contribution in [3.63, 3.8) is 0 Å². The van der Waals surface area contributed by atoms with Crippen molar-refractivity contribution in [2.24, 2.45) is 0 Å². The first kappa shape index (κ1) is 28.1. The average molecular weight is 569 g/mol. The van der Waals surface area contributed by atoms with E-state index in [4.69, 9.17) is 4.74 Å². The Hall–Kier alpha value is -4.39. The van der Waals surface area contributed by atoms with Crippen molar-refractivity contribution in [1.29, 1.82) is 0 Å². The molecule has 0 amide bonds. The predicted octanol–water partition coefficient (Wildman–Crippen LogP) is 3.66. The van der Waals surface area contributed by atoms with Gasteiger partial charge in [0.05, 0.1) is 30.6 Å². The molecule has 13 heteroatoms. The molecular weight excluding hydrogens is 538 g/mol. The highest BCUT2D eigenvalue weighted by molar-refractivity contribution is 5.77. The lowest BCUT2D eigenvalue weighted by Crippen LogP contribution is -2.31. The van der Waals surface area contributed by atoms with Crippen molar-refractivity contribution in [3.8, 4) is 17.0 Å². The molecule has 4 heterocycles. The monoisotopic (exact) mass is 568 g/mol. The van der Waals surface area contributed by atoms with Crippen LogP contribution in [0.25, 0.3) is 17.3 Å². The van der Waals surface area contributed by atoms with E-state index >= 15 is 0 Å². The molecule has 3 aromatic rings. The molecule has 0 spiro atoms. The van der Waals surface area contributed by atoms with Gasteiger partial charge in [-0.2, -0.15) is 8.78 Å². The van der Waals surface area contributed by atoms with Crippen molar-refractivity contribution in [2.45, 2.75) is 69.9 Å². The van der Waals surface area contributed by atoms with E-state index in [-0.39, 0.29) is 29.8 Å². The predicted molar refractivity (Wildman–Crippen MR) is 147 cm³/mol. The van der Waals surface area contributed by atoms with Crippen LogP contribution in [0.4, 0.5) is 20.5 Å². The highest BCUT2D eigenvalue weighted by Gasteiger charge is 2.27. The molecule has 0 unspecified atom stereocenters. The van der Waals surface area contributed by atoms with E-state index in [0.29, 0.717) is 29.4 Å². The van der Waals surface area contributed by atoms with Gasteiger partial charge in [-0.3, -0.25) is 9.59 Å². The van der Waals surface area contributed by atoms with Crippen LogP contribution >= 0.6 is 0 Å². The minimum Gasteiger partial charge on any atom is -0.458 e. The first-order valence-electron chi connectivity index (χ1n) is 13.3. The molecule has 4 N–H and O–H groups in total. The Morgan fingerprint density at radius 1 is 1.15 bits per heavy atom. The average Bonchev–Trinajstić information content (AvgIpc) is 3.36. The smallest absolute Gasteiger partial charge is 0.387 e. The number of ether oxygens (including phenoxy) is 2. The van der Waals surface area contributed by atoms with Gasteiger partial charge in [0.1, 0.15) is 11.9 Å². The molecule has 5 rings (SSSR count). The molecule has 216 valence electrons. The second kappa shape index (κ2) is 12.4. The second-order valence-corrected chi connectivity index (χ2v) is 10.1. The second-order valence-electron chi connectivity index (χ2n) is 10.1. The van der Waals surface area contributed by atoms with Crippen LogP contribution in [0.3, 0.4) is 0 Å². The zero-order chi connectivity index (χ0) is 28.9. The number of nitrogens with one attached hydrogen (secondary N) is 3. The third-order valence-corrected chi connectivity index (χ3v) is 7.06. The number of aromatic amines is 1. The largest absolute Gasteiger partial charge is 0.458 e. The number of esters is 1. The SMILES string of the molecule is Cc1c(/C=C/[C@@H]2C[C@@H](O)CC(=O)O2)cc(=O)[nH]c1-c1cccnc1N[C@H]1CC[C@H](Nc2ncc(OC(F)F)cn2)C1. The lowest BCUT2D eigenvalue weighted by molar-refractivity contribution is -0.156. The Labute approximate surface area is 234 Å². The van der Waals surface area contributed by atoms with Gasteiger partial charge in [-0.1, -0.05) is 6.08 Å². The molecule has 41 heavy (non-hydrogen) atoms. The van der Waals surface area contributed by atoms with E-state index in [1.807, 2.05) is 13.0 Å². The Morgan fingerprint density at radius 3 is 2.63 bits per heavy atom. The van der Waals surface area contributed by atoms with Gasteiger partial charge < -0.3 is 30.2 Å². The van der Waals surface area contributed by atoms with Gasteiger partial charge >= 0.3 is 12.6 Å². The molecular formula is C28H30F2N6O5. The third kappa shape index (κ3) is 7.23. The fourth-order valence-corrected chi connectivity index (χ4v) is 5.12. The maximum Gasteiger partial charge on any atom is 0.387 e. The van der Waals surface area contributed by atoms with Crippen molar-refractivity contribution in [2.75, 3.05) is 10.6 Å². The van der Waals surface area contributed by atoms with Crippen LogP contribution in [0.5, 0.6) is 5.75 Å². The molecule has 11 nitrogen and oxygen atoms in total. The highest BCUT2D eigenvalue weighted by atomic mass is 19.3. The molecule has 3 aromatic heterocycles. The molecule has 0 radical (unpaired) electrons. The van der Waals surface area contributed by atoms with Crippen molar-refractivity contribution >= 4 is 23.8 Å². The molecule has 1 saturated heterocycles. The summed E-state index contributed by atoms with van der Waals surface area (Å²) < 4.78 is 34.3. The maximum atomic E-state index is 12.6. The van der Waals surface area contributed by atoms with Gasteiger partial charge in [0.25, 0.3) is 0 Å². The number of aromatic nitrogens is 4. The number of alkyl halides is 2. The van der Waals surface area contributed by atoms with Crippen LogP contribution in [0.1, 0.15) is 43.2 Å². The van der Waals surface area contributed by atoms with E-state index in [9.17, 15) is 23.5 Å². The Kier molecular flexibility index (Phi) is 8.53. The van der Waals surface area contributed by atoms with Crippen LogP contribution in [-0.2, 0) is 9.53 Å². The van der Waals surface area contributed by atoms with E-state index in [1.165, 1.54) is 18.5 Å². The highest BCUT2D eigenvalue weighted by Crippen LogP contribution is 2.32. The van der Waals surface area contributed by atoms with Crippen molar-refractivity contribution in [3.05, 3.63) is 64.3 Å². The number of carbonyl (C=O) groups is 1. The molecule has 4 atom stereocenters. The molecule has 1 aliphatic carbocycles. The number of hydrogen-bond donors (Lipinski definition) is 4. The number of rotatable bonds is 9. The summed E-state index contributed by atoms with van der Waals surface area (Å²) in [7, 11) is 0. The topological polar surface area (TPSA) is 151 Å². The number of aliphatic hydroxyl groups is 1. The van der Waals surface area contributed by atoms with Gasteiger partial charge in [0.15, 0.2) is 5.75 Å². The fraction of sp³-hybridized carbons (Fsp3) is 0.393. The molecule has 1 aliphatic heterocycles. The Balaban J connectivity index is 1.28. The standard InChI is InChI=1S/C28H30F2N6O5/c1-15-16(4-7-20-11-19(37)12-24(39)40-20)9-23(38)36-25(15)22-3-2-8-31-26(22)34-17-5-6-18(10-17)35-28-32-13-21(14-33-28)41-27(29)30/h2-4,7-9,13-14,17-20,27,37H,5-6,10-12H2,1H3,(H,31,34)(H,36,38)(H,32,33,35)/b7-4+/t17-,18-,19+,20+/m0/s1. The molecule has 0 bridgehead atoms. The van der Waals surface area contributed by atoms with Gasteiger partial charge in [-0.25, -0.2) is 15.0 Å². The summed E-state index contributed by atoms with van der Waals surface area (Å²) in [5.74, 6) is 0.379. The first-order valence-corrected chi connectivity index (χ1v) is 13.3. The zero-order valence-electron chi connectivity index (χ0n) is 22.2. The van der Waals surface area contributed by atoms with Crippen LogP contribution < -0.4 is 20.9 Å². The number of halogens is 2. The van der Waals surface area contributed by atoms with Gasteiger partial charge in [0.2, 0.25) is 11.5 Å². The molecule has 2 fully saturated rings. The zero-order valence-corrected chi connectivity index (χ0v) is 22.2. The van der Waals surface area contributed by atoms with E-state index in [2.05, 4.69) is 35.3 Å². The Bertz CT molecular complexity index is 1470. The number of carbonyl (C=O) groups excluding carboxylic acids is 1. The first-order chi connectivity index (χ1) is 19.7. The number of nitrogens with zero attached hydrogens (tertiary/aromatic N) is 3. The van der Waals surface area contributed by atoms with Gasteiger partial charge in [-0.05, 0) is 55.5 Å². The summed E-state index contributed by atoms with van der Waals surface area (Å²) in [5.41, 5.74) is 2.51. The van der Waals surface area contributed by atoms with Crippen LogP contribution in [0, 0.1) is 6.92 Å². The van der Waals surface area contributed by atoms with Crippen LogP contribution in [0.15, 0.2) is 47.7 Å². The maximum absolute atomic E-state index is 12.6. The third-order valence-electron chi connectivity index (χ3n) is 7.06. The molecule has 0 aromatic carbocycles. The van der Waals surface area contributed by atoms with Gasteiger partial charge in [0, 0.05) is 36.3 Å². The number of anilines is 2. The quantitative estimate of drug-likeness (QED) is 0.282. The molecule has 1 saturated carbocycles. The Morgan fingerprint density at radius 2 is 1.90 bits per heavy atom. The minimum absolute atomic E-state index is 0.0208. The summed E-state index contributed by atoms with van der Waals surface area (Å²) in [6.07, 6.45) is 8.85. The van der Waals surface area contributed by atoms with E-state index in [0.717, 1.165) is 30.4 Å². The van der Waals surface area contributed by atoms with Crippen molar-refractivity contribution in [1.82, 2.24) is 19.9 Å². The number of cyclic esters (lactones) is 1. The summed E-state index contributed by atoms with van der Waals surface area (Å²) >= 11 is 0. The fourth-order valence-electron chi connectivity index (χ4n) is 5.12. The van der Waals surface area contributed by atoms with Crippen molar-refractivity contribution < 1.29 is 28.2 Å². The number of aliphatic hydroxyl groups excluding tert-OH is 1. The van der Waals surface area contributed by atoms with Gasteiger partial charge in [-0.15, -0.1) is 0 Å². The summed E-state index contributed by atoms with van der Waals surface area (Å²) in [4.78, 5) is 39.8. The lowest BCUT2D eigenvalue weighted by Gasteiger charge is -2.23. The van der Waals surface area contributed by atoms with E-state index < -0.39 is 24.8 Å². The summed E-state index contributed by atoms with van der Waals surface area (Å²) in [6.45, 7) is -1.05. The normalized spacial score (nSPS) is 22.6. The van der Waals surface area contributed by atoms with Crippen LogP contribution in [0.2, 0.25) is 0 Å². The molecule has 2 aliphatic rings. The van der Waals surface area contributed by atoms with E-state index in [1.54, 1.807) is 24.4 Å². The number of hydrogen-bond acceptors (Lipinski definition) is 10. The minimum atomic E-state index is -2.94. The van der Waals surface area contributed by atoms with Crippen LogP contribution in [-0.4, -0.2) is 61.9 Å². The number of pyridine rings is 2.